The van der Waals surface area contributed by atoms with Gasteiger partial charge in [0.1, 0.15) is 12.4 Å². The van der Waals surface area contributed by atoms with Crippen molar-refractivity contribution in [2.75, 3.05) is 0 Å². The van der Waals surface area contributed by atoms with E-state index >= 15 is 0 Å². The number of halogens is 1. The van der Waals surface area contributed by atoms with E-state index in [2.05, 4.69) is 0 Å². The molecule has 0 saturated carbocycles. The number of hydrogen-bond acceptors (Lipinski definition) is 3. The lowest BCUT2D eigenvalue weighted by Crippen LogP contribution is -2.01. The van der Waals surface area contributed by atoms with E-state index in [4.69, 9.17) is 16.3 Å². The molecular formula is C15H14ClNO3. The second kappa shape index (κ2) is 6.39. The van der Waals surface area contributed by atoms with Crippen LogP contribution in [0.4, 0.5) is 5.69 Å². The minimum absolute atomic E-state index is 0.112. The molecular weight excluding hydrogens is 278 g/mol. The Hall–Kier alpha value is -2.07. The fourth-order valence-corrected chi connectivity index (χ4v) is 2.07. The lowest BCUT2D eigenvalue weighted by atomic mass is 10.1. The monoisotopic (exact) mass is 291 g/mol. The Balaban J connectivity index is 2.14. The van der Waals surface area contributed by atoms with Crippen LogP contribution in [-0.2, 0) is 12.5 Å². The van der Waals surface area contributed by atoms with Gasteiger partial charge < -0.3 is 4.74 Å². The fraction of sp³-hybridized carbons (Fsp3) is 0.200. The zero-order valence-corrected chi connectivity index (χ0v) is 11.8. The van der Waals surface area contributed by atoms with Gasteiger partial charge in [-0.2, -0.15) is 0 Å². The van der Waals surface area contributed by atoms with Crippen LogP contribution in [0.15, 0.2) is 42.5 Å². The second-order valence-electron chi connectivity index (χ2n) is 4.39. The molecule has 0 radical (unpaired) electrons. The number of benzene rings is 2. The minimum atomic E-state index is -0.382. The highest BCUT2D eigenvalue weighted by atomic mass is 35.5. The van der Waals surface area contributed by atoms with E-state index in [1.54, 1.807) is 13.0 Å². The van der Waals surface area contributed by atoms with E-state index in [0.717, 1.165) is 11.1 Å². The standard InChI is InChI=1S/C15H14ClNO3/c1-11-13(5-3-7-15(11)17(18)19)10-20-14-6-2-4-12(8-14)9-16/h2-8H,9-10H2,1H3. The summed E-state index contributed by atoms with van der Waals surface area (Å²) in [4.78, 5) is 10.5. The number of nitrogens with zero attached hydrogens (tertiary/aromatic N) is 1. The predicted octanol–water partition coefficient (Wildman–Crippen LogP) is 4.22. The minimum Gasteiger partial charge on any atom is -0.489 e. The van der Waals surface area contributed by atoms with E-state index in [0.29, 0.717) is 23.8 Å². The zero-order chi connectivity index (χ0) is 14.5. The van der Waals surface area contributed by atoms with Crippen LogP contribution in [0.25, 0.3) is 0 Å². The molecule has 0 aliphatic heterocycles. The largest absolute Gasteiger partial charge is 0.489 e. The molecule has 20 heavy (non-hydrogen) atoms. The molecule has 0 fully saturated rings. The highest BCUT2D eigenvalue weighted by Gasteiger charge is 2.13. The molecule has 0 unspecified atom stereocenters. The third-order valence-electron chi connectivity index (χ3n) is 3.06. The molecule has 0 saturated heterocycles. The van der Waals surface area contributed by atoms with E-state index in [-0.39, 0.29) is 10.6 Å². The van der Waals surface area contributed by atoms with Crippen molar-refractivity contribution in [3.8, 4) is 5.75 Å². The molecule has 0 heterocycles. The molecule has 104 valence electrons. The van der Waals surface area contributed by atoms with Gasteiger partial charge in [-0.15, -0.1) is 11.6 Å². The van der Waals surface area contributed by atoms with E-state index in [1.165, 1.54) is 6.07 Å². The molecule has 0 amide bonds. The fourth-order valence-electron chi connectivity index (χ4n) is 1.90. The molecule has 0 atom stereocenters. The molecule has 2 rings (SSSR count). The summed E-state index contributed by atoms with van der Waals surface area (Å²) in [5.41, 5.74) is 2.52. The van der Waals surface area contributed by atoms with Gasteiger partial charge in [-0.25, -0.2) is 0 Å². The molecule has 0 aromatic heterocycles. The molecule has 0 aliphatic rings. The van der Waals surface area contributed by atoms with Crippen LogP contribution in [0, 0.1) is 17.0 Å². The number of hydrogen-bond donors (Lipinski definition) is 0. The van der Waals surface area contributed by atoms with Crippen molar-refractivity contribution in [1.82, 2.24) is 0 Å². The molecule has 4 nitrogen and oxygen atoms in total. The van der Waals surface area contributed by atoms with Crippen molar-refractivity contribution >= 4 is 17.3 Å². The van der Waals surface area contributed by atoms with Crippen molar-refractivity contribution < 1.29 is 9.66 Å². The molecule has 0 spiro atoms. The van der Waals surface area contributed by atoms with Gasteiger partial charge in [-0.1, -0.05) is 24.3 Å². The van der Waals surface area contributed by atoms with Gasteiger partial charge in [-0.05, 0) is 30.2 Å². The van der Waals surface area contributed by atoms with Crippen molar-refractivity contribution in [2.24, 2.45) is 0 Å². The van der Waals surface area contributed by atoms with Gasteiger partial charge in [0, 0.05) is 17.5 Å². The highest BCUT2D eigenvalue weighted by molar-refractivity contribution is 6.17. The summed E-state index contributed by atoms with van der Waals surface area (Å²) < 4.78 is 5.67. The van der Waals surface area contributed by atoms with Crippen LogP contribution >= 0.6 is 11.6 Å². The Morgan fingerprint density at radius 3 is 2.70 bits per heavy atom. The maximum Gasteiger partial charge on any atom is 0.272 e. The molecule has 2 aromatic rings. The Morgan fingerprint density at radius 1 is 1.25 bits per heavy atom. The van der Waals surface area contributed by atoms with Crippen LogP contribution in [-0.4, -0.2) is 4.92 Å². The summed E-state index contributed by atoms with van der Waals surface area (Å²) in [6.07, 6.45) is 0. The number of alkyl halides is 1. The lowest BCUT2D eigenvalue weighted by molar-refractivity contribution is -0.385. The van der Waals surface area contributed by atoms with Crippen molar-refractivity contribution in [3.63, 3.8) is 0 Å². The first-order chi connectivity index (χ1) is 9.61. The number of rotatable bonds is 5. The predicted molar refractivity (Wildman–Crippen MR) is 78.2 cm³/mol. The van der Waals surface area contributed by atoms with Crippen molar-refractivity contribution in [1.29, 1.82) is 0 Å². The van der Waals surface area contributed by atoms with Gasteiger partial charge in [0.2, 0.25) is 0 Å². The van der Waals surface area contributed by atoms with Gasteiger partial charge in [-0.3, -0.25) is 10.1 Å². The average Bonchev–Trinajstić information content (AvgIpc) is 2.46. The van der Waals surface area contributed by atoms with E-state index in [9.17, 15) is 10.1 Å². The van der Waals surface area contributed by atoms with Crippen LogP contribution < -0.4 is 4.74 Å². The Labute approximate surface area is 122 Å². The average molecular weight is 292 g/mol. The molecule has 5 heteroatoms. The number of ether oxygens (including phenoxy) is 1. The van der Waals surface area contributed by atoms with Crippen molar-refractivity contribution in [2.45, 2.75) is 19.4 Å². The molecule has 0 aliphatic carbocycles. The van der Waals surface area contributed by atoms with Crippen LogP contribution in [0.3, 0.4) is 0 Å². The third-order valence-corrected chi connectivity index (χ3v) is 3.37. The molecule has 0 N–H and O–H groups in total. The van der Waals surface area contributed by atoms with Crippen molar-refractivity contribution in [3.05, 3.63) is 69.3 Å². The molecule has 0 bridgehead atoms. The SMILES string of the molecule is Cc1c(COc2cccc(CCl)c2)cccc1[N+](=O)[O-]. The smallest absolute Gasteiger partial charge is 0.272 e. The van der Waals surface area contributed by atoms with Gasteiger partial charge in [0.15, 0.2) is 0 Å². The van der Waals surface area contributed by atoms with Crippen LogP contribution in [0.2, 0.25) is 0 Å². The Morgan fingerprint density at radius 2 is 2.00 bits per heavy atom. The summed E-state index contributed by atoms with van der Waals surface area (Å²) >= 11 is 5.77. The second-order valence-corrected chi connectivity index (χ2v) is 4.66. The maximum atomic E-state index is 10.9. The van der Waals surface area contributed by atoms with Gasteiger partial charge in [0.05, 0.1) is 4.92 Å². The lowest BCUT2D eigenvalue weighted by Gasteiger charge is -2.09. The Bertz CT molecular complexity index is 628. The van der Waals surface area contributed by atoms with E-state index in [1.807, 2.05) is 30.3 Å². The first-order valence-electron chi connectivity index (χ1n) is 6.12. The van der Waals surface area contributed by atoms with Crippen LogP contribution in [0.1, 0.15) is 16.7 Å². The number of nitro groups is 1. The summed E-state index contributed by atoms with van der Waals surface area (Å²) in [6.45, 7) is 2.02. The van der Waals surface area contributed by atoms with Crippen LogP contribution in [0.5, 0.6) is 5.75 Å². The first kappa shape index (κ1) is 14.3. The van der Waals surface area contributed by atoms with E-state index < -0.39 is 0 Å². The topological polar surface area (TPSA) is 52.4 Å². The maximum absolute atomic E-state index is 10.9. The van der Waals surface area contributed by atoms with Gasteiger partial charge in [0.25, 0.3) is 5.69 Å². The quantitative estimate of drug-likeness (QED) is 0.471. The Kier molecular flexibility index (Phi) is 4.58. The summed E-state index contributed by atoms with van der Waals surface area (Å²) in [6, 6.07) is 12.5. The third kappa shape index (κ3) is 3.27. The summed E-state index contributed by atoms with van der Waals surface area (Å²) in [7, 11) is 0. The summed E-state index contributed by atoms with van der Waals surface area (Å²) in [5.74, 6) is 1.13. The normalized spacial score (nSPS) is 10.3. The van der Waals surface area contributed by atoms with Gasteiger partial charge >= 0.3 is 0 Å². The number of nitro benzene ring substituents is 1. The zero-order valence-electron chi connectivity index (χ0n) is 11.0. The molecule has 2 aromatic carbocycles. The highest BCUT2D eigenvalue weighted by Crippen LogP contribution is 2.23. The summed E-state index contributed by atoms with van der Waals surface area (Å²) in [5, 5.41) is 10.9. The first-order valence-corrected chi connectivity index (χ1v) is 6.66.